The predicted molar refractivity (Wildman–Crippen MR) is 66.3 cm³/mol. The van der Waals surface area contributed by atoms with Crippen molar-refractivity contribution >= 4 is 0 Å². The van der Waals surface area contributed by atoms with Gasteiger partial charge in [0, 0.05) is 6.07 Å². The minimum Gasteiger partial charge on any atom is -0.508 e. The predicted octanol–water partition coefficient (Wildman–Crippen LogP) is 3.03. The molecule has 0 amide bonds. The summed E-state index contributed by atoms with van der Waals surface area (Å²) in [7, 11) is 0. The van der Waals surface area contributed by atoms with E-state index in [-0.39, 0.29) is 17.2 Å². The summed E-state index contributed by atoms with van der Waals surface area (Å²) in [5, 5.41) is 28.5. The Morgan fingerprint density at radius 1 is 0.706 bits per heavy atom. The quantitative estimate of drug-likeness (QED) is 0.743. The van der Waals surface area contributed by atoms with Crippen LogP contribution >= 0.6 is 0 Å². The lowest BCUT2D eigenvalue weighted by Gasteiger charge is -2.07. The van der Waals surface area contributed by atoms with Crippen LogP contribution in [0.1, 0.15) is 12.5 Å². The molecule has 0 saturated heterocycles. The van der Waals surface area contributed by atoms with E-state index in [1.165, 1.54) is 6.07 Å². The highest BCUT2D eigenvalue weighted by Crippen LogP contribution is 2.31. The fraction of sp³-hybridized carbons (Fsp3) is 0.143. The second kappa shape index (κ2) is 4.37. The summed E-state index contributed by atoms with van der Waals surface area (Å²) in [5.74, 6) is 0.185. The van der Waals surface area contributed by atoms with Gasteiger partial charge in [-0.3, -0.25) is 0 Å². The number of aryl methyl sites for hydroxylation is 1. The fourth-order valence-corrected chi connectivity index (χ4v) is 1.81. The minimum atomic E-state index is 0.00129. The number of phenolic OH excluding ortho intramolecular Hbond substituents is 3. The Balaban J connectivity index is 2.55. The number of phenols is 3. The van der Waals surface area contributed by atoms with Crippen LogP contribution in [-0.4, -0.2) is 15.3 Å². The smallest absolute Gasteiger partial charge is 0.119 e. The average Bonchev–Trinajstić information content (AvgIpc) is 2.26. The van der Waals surface area contributed by atoms with E-state index in [0.29, 0.717) is 5.56 Å². The largest absolute Gasteiger partial charge is 0.508 e. The molecule has 0 heterocycles. The molecule has 0 unspecified atom stereocenters. The van der Waals surface area contributed by atoms with Gasteiger partial charge in [0.25, 0.3) is 0 Å². The maximum atomic E-state index is 9.60. The fourth-order valence-electron chi connectivity index (χ4n) is 1.81. The molecule has 2 aromatic carbocycles. The molecule has 0 aliphatic heterocycles. The molecule has 0 spiro atoms. The molecule has 88 valence electrons. The molecule has 0 aromatic heterocycles. The van der Waals surface area contributed by atoms with Gasteiger partial charge < -0.3 is 15.3 Å². The summed E-state index contributed by atoms with van der Waals surface area (Å²) in [5.41, 5.74) is 2.45. The third-order valence-corrected chi connectivity index (χ3v) is 2.62. The molecule has 0 atom stereocenters. The van der Waals surface area contributed by atoms with E-state index in [9.17, 15) is 15.3 Å². The van der Waals surface area contributed by atoms with Crippen molar-refractivity contribution in [1.82, 2.24) is 0 Å². The van der Waals surface area contributed by atoms with E-state index in [1.807, 2.05) is 13.0 Å². The molecule has 3 heteroatoms. The van der Waals surface area contributed by atoms with E-state index < -0.39 is 0 Å². The molecular weight excluding hydrogens is 216 g/mol. The molecule has 0 radical (unpaired) electrons. The van der Waals surface area contributed by atoms with E-state index >= 15 is 0 Å². The zero-order valence-corrected chi connectivity index (χ0v) is 9.51. The summed E-state index contributed by atoms with van der Waals surface area (Å²) < 4.78 is 0. The summed E-state index contributed by atoms with van der Waals surface area (Å²) in [4.78, 5) is 0. The first kappa shape index (κ1) is 11.3. The Morgan fingerprint density at radius 2 is 1.18 bits per heavy atom. The van der Waals surface area contributed by atoms with Crippen molar-refractivity contribution in [2.45, 2.75) is 13.3 Å². The third kappa shape index (κ3) is 2.50. The van der Waals surface area contributed by atoms with Crippen LogP contribution in [-0.2, 0) is 6.42 Å². The summed E-state index contributed by atoms with van der Waals surface area (Å²) in [6, 6.07) is 9.60. The topological polar surface area (TPSA) is 60.7 Å². The molecule has 0 fully saturated rings. The Bertz CT molecular complexity index is 527. The van der Waals surface area contributed by atoms with Crippen molar-refractivity contribution in [2.75, 3.05) is 0 Å². The van der Waals surface area contributed by atoms with Gasteiger partial charge in [-0.15, -0.1) is 0 Å². The molecule has 0 saturated carbocycles. The average molecular weight is 230 g/mol. The van der Waals surface area contributed by atoms with Gasteiger partial charge in [0.2, 0.25) is 0 Å². The Kier molecular flexibility index (Phi) is 2.91. The van der Waals surface area contributed by atoms with E-state index in [4.69, 9.17) is 0 Å². The van der Waals surface area contributed by atoms with Crippen LogP contribution in [0.3, 0.4) is 0 Å². The van der Waals surface area contributed by atoms with Crippen molar-refractivity contribution < 1.29 is 15.3 Å². The van der Waals surface area contributed by atoms with Gasteiger partial charge >= 0.3 is 0 Å². The van der Waals surface area contributed by atoms with Gasteiger partial charge in [-0.25, -0.2) is 0 Å². The molecule has 0 aliphatic carbocycles. The number of aromatic hydroxyl groups is 3. The van der Waals surface area contributed by atoms with Crippen LogP contribution in [0.5, 0.6) is 17.2 Å². The molecule has 2 aromatic rings. The van der Waals surface area contributed by atoms with Crippen LogP contribution in [0.4, 0.5) is 0 Å². The minimum absolute atomic E-state index is 0.00129. The maximum Gasteiger partial charge on any atom is 0.119 e. The van der Waals surface area contributed by atoms with Gasteiger partial charge in [-0.05, 0) is 47.4 Å². The first-order chi connectivity index (χ1) is 8.08. The summed E-state index contributed by atoms with van der Waals surface area (Å²) >= 11 is 0. The highest BCUT2D eigenvalue weighted by molar-refractivity contribution is 5.69. The molecule has 2 rings (SSSR count). The highest BCUT2D eigenvalue weighted by Gasteiger charge is 2.05. The van der Waals surface area contributed by atoms with Crippen molar-refractivity contribution in [2.24, 2.45) is 0 Å². The highest BCUT2D eigenvalue weighted by atomic mass is 16.3. The Morgan fingerprint density at radius 3 is 1.71 bits per heavy atom. The molecule has 3 N–H and O–H groups in total. The molecule has 0 aliphatic rings. The number of hydrogen-bond donors (Lipinski definition) is 3. The van der Waals surface area contributed by atoms with Crippen molar-refractivity contribution in [1.29, 1.82) is 0 Å². The van der Waals surface area contributed by atoms with Crippen LogP contribution in [0, 0.1) is 0 Å². The van der Waals surface area contributed by atoms with Crippen molar-refractivity contribution in [3.63, 3.8) is 0 Å². The second-order valence-corrected chi connectivity index (χ2v) is 3.98. The second-order valence-electron chi connectivity index (χ2n) is 3.98. The van der Waals surface area contributed by atoms with Gasteiger partial charge in [-0.2, -0.15) is 0 Å². The summed E-state index contributed by atoms with van der Waals surface area (Å²) in [6.07, 6.45) is 0.812. The van der Waals surface area contributed by atoms with Gasteiger partial charge in [0.05, 0.1) is 0 Å². The molecule has 17 heavy (non-hydrogen) atoms. The monoisotopic (exact) mass is 230 g/mol. The lowest BCUT2D eigenvalue weighted by molar-refractivity contribution is 0.451. The lowest BCUT2D eigenvalue weighted by Crippen LogP contribution is -1.84. The first-order valence-electron chi connectivity index (χ1n) is 5.45. The standard InChI is InChI=1S/C14H14O3/c1-2-9-3-10(5-12(15)4-9)11-6-13(16)8-14(17)7-11/h3-8,15-17H,2H2,1H3. The van der Waals surface area contributed by atoms with Gasteiger partial charge in [0.1, 0.15) is 17.2 Å². The van der Waals surface area contributed by atoms with Gasteiger partial charge in [-0.1, -0.05) is 13.0 Å². The summed E-state index contributed by atoms with van der Waals surface area (Å²) in [6.45, 7) is 2.00. The van der Waals surface area contributed by atoms with Crippen molar-refractivity contribution in [3.05, 3.63) is 42.0 Å². The molecule has 0 bridgehead atoms. The van der Waals surface area contributed by atoms with E-state index in [1.54, 1.807) is 24.3 Å². The SMILES string of the molecule is CCc1cc(O)cc(-c2cc(O)cc(O)c2)c1. The van der Waals surface area contributed by atoms with Crippen LogP contribution in [0.2, 0.25) is 0 Å². The Hall–Kier alpha value is -2.16. The maximum absolute atomic E-state index is 9.60. The van der Waals surface area contributed by atoms with Gasteiger partial charge in [0.15, 0.2) is 0 Å². The van der Waals surface area contributed by atoms with Crippen LogP contribution < -0.4 is 0 Å². The van der Waals surface area contributed by atoms with E-state index in [0.717, 1.165) is 17.5 Å². The first-order valence-corrected chi connectivity index (χ1v) is 5.45. The Labute approximate surface area is 99.6 Å². The van der Waals surface area contributed by atoms with Crippen LogP contribution in [0.15, 0.2) is 36.4 Å². The van der Waals surface area contributed by atoms with Crippen molar-refractivity contribution in [3.8, 4) is 28.4 Å². The van der Waals surface area contributed by atoms with Crippen LogP contribution in [0.25, 0.3) is 11.1 Å². The molecule has 3 nitrogen and oxygen atoms in total. The number of benzene rings is 2. The lowest BCUT2D eigenvalue weighted by atomic mass is 10.0. The zero-order chi connectivity index (χ0) is 12.4. The normalized spacial score (nSPS) is 10.4. The number of hydrogen-bond acceptors (Lipinski definition) is 3. The third-order valence-electron chi connectivity index (χ3n) is 2.62. The van der Waals surface area contributed by atoms with E-state index in [2.05, 4.69) is 0 Å². The molecular formula is C14H14O3. The zero-order valence-electron chi connectivity index (χ0n) is 9.51. The number of rotatable bonds is 2.